The Balaban J connectivity index is 1.37. The first kappa shape index (κ1) is 17.5. The molecule has 1 aromatic carbocycles. The lowest BCUT2D eigenvalue weighted by atomic mass is 9.90. The van der Waals surface area contributed by atoms with Crippen molar-refractivity contribution in [2.24, 2.45) is 11.8 Å². The van der Waals surface area contributed by atoms with Gasteiger partial charge >= 0.3 is 0 Å². The van der Waals surface area contributed by atoms with Crippen molar-refractivity contribution in [2.75, 3.05) is 32.7 Å². The first-order valence-corrected chi connectivity index (χ1v) is 9.75. The Bertz CT molecular complexity index is 508. The van der Waals surface area contributed by atoms with Gasteiger partial charge < -0.3 is 9.80 Å². The maximum absolute atomic E-state index is 12.5. The molecule has 2 saturated heterocycles. The monoisotopic (exact) mass is 328 g/mol. The molecule has 0 N–H and O–H groups in total. The Labute approximate surface area is 147 Å². The van der Waals surface area contributed by atoms with Crippen LogP contribution in [0.2, 0.25) is 0 Å². The molecule has 2 aliphatic rings. The zero-order chi connectivity index (χ0) is 16.8. The number of hydrogen-bond acceptors (Lipinski definition) is 2. The third kappa shape index (κ3) is 5.07. The molecule has 3 rings (SSSR count). The minimum absolute atomic E-state index is 0.367. The van der Waals surface area contributed by atoms with Gasteiger partial charge in [0, 0.05) is 32.6 Å². The molecule has 24 heavy (non-hydrogen) atoms. The van der Waals surface area contributed by atoms with Crippen molar-refractivity contribution < 1.29 is 4.79 Å². The third-order valence-corrected chi connectivity index (χ3v) is 5.72. The fourth-order valence-electron chi connectivity index (χ4n) is 4.24. The molecule has 0 aliphatic carbocycles. The highest BCUT2D eigenvalue weighted by molar-refractivity contribution is 5.76. The Hall–Kier alpha value is -1.35. The van der Waals surface area contributed by atoms with Crippen LogP contribution in [0.1, 0.15) is 44.6 Å². The lowest BCUT2D eigenvalue weighted by molar-refractivity contribution is -0.133. The average molecular weight is 329 g/mol. The largest absolute Gasteiger partial charge is 0.343 e. The molecule has 3 heteroatoms. The first-order valence-electron chi connectivity index (χ1n) is 9.75. The van der Waals surface area contributed by atoms with Crippen molar-refractivity contribution >= 4 is 5.91 Å². The second kappa shape index (κ2) is 8.66. The minimum atomic E-state index is 0.367. The Morgan fingerprint density at radius 1 is 1.08 bits per heavy atom. The van der Waals surface area contributed by atoms with Crippen LogP contribution < -0.4 is 0 Å². The summed E-state index contributed by atoms with van der Waals surface area (Å²) in [4.78, 5) is 17.1. The summed E-state index contributed by atoms with van der Waals surface area (Å²) in [6.07, 6.45) is 6.81. The topological polar surface area (TPSA) is 23.6 Å². The fourth-order valence-corrected chi connectivity index (χ4v) is 4.24. The molecule has 3 nitrogen and oxygen atoms in total. The van der Waals surface area contributed by atoms with Crippen LogP contribution in [0, 0.1) is 11.8 Å². The van der Waals surface area contributed by atoms with Crippen LogP contribution in [0.5, 0.6) is 0 Å². The molecule has 2 fully saturated rings. The van der Waals surface area contributed by atoms with E-state index in [4.69, 9.17) is 0 Å². The van der Waals surface area contributed by atoms with Gasteiger partial charge in [0.25, 0.3) is 0 Å². The average Bonchev–Trinajstić information content (AvgIpc) is 2.61. The Morgan fingerprint density at radius 2 is 1.83 bits per heavy atom. The van der Waals surface area contributed by atoms with Crippen molar-refractivity contribution in [2.45, 2.75) is 45.4 Å². The number of carbonyl (C=O) groups is 1. The summed E-state index contributed by atoms with van der Waals surface area (Å²) < 4.78 is 0. The number of nitrogens with zero attached hydrogens (tertiary/aromatic N) is 2. The number of likely N-dealkylation sites (tertiary alicyclic amines) is 2. The number of carbonyl (C=O) groups excluding carboxylic acids is 1. The third-order valence-electron chi connectivity index (χ3n) is 5.72. The highest BCUT2D eigenvalue weighted by Gasteiger charge is 2.24. The molecule has 132 valence electrons. The molecule has 2 aliphatic heterocycles. The molecule has 1 amide bonds. The van der Waals surface area contributed by atoms with E-state index in [1.54, 1.807) is 0 Å². The van der Waals surface area contributed by atoms with Crippen LogP contribution in [0.15, 0.2) is 30.3 Å². The quantitative estimate of drug-likeness (QED) is 0.825. The summed E-state index contributed by atoms with van der Waals surface area (Å²) in [6, 6.07) is 10.8. The van der Waals surface area contributed by atoms with E-state index in [0.717, 1.165) is 50.7 Å². The molecule has 0 radical (unpaired) electrons. The van der Waals surface area contributed by atoms with Gasteiger partial charge in [0.05, 0.1) is 0 Å². The number of amides is 1. The fraction of sp³-hybridized carbons (Fsp3) is 0.667. The van der Waals surface area contributed by atoms with E-state index >= 15 is 0 Å². The van der Waals surface area contributed by atoms with Crippen molar-refractivity contribution in [1.29, 1.82) is 0 Å². The Kier molecular flexibility index (Phi) is 6.30. The molecule has 0 saturated carbocycles. The number of rotatable bonds is 5. The maximum atomic E-state index is 12.5. The predicted octanol–water partition coefficient (Wildman–Crippen LogP) is 3.59. The summed E-state index contributed by atoms with van der Waals surface area (Å²) >= 11 is 0. The molecule has 0 aromatic heterocycles. The van der Waals surface area contributed by atoms with Crippen LogP contribution in [-0.4, -0.2) is 48.4 Å². The van der Waals surface area contributed by atoms with Gasteiger partial charge in [0.2, 0.25) is 5.91 Å². The lowest BCUT2D eigenvalue weighted by Gasteiger charge is -2.34. The van der Waals surface area contributed by atoms with Gasteiger partial charge in [0.15, 0.2) is 0 Å². The van der Waals surface area contributed by atoms with Crippen molar-refractivity contribution in [3.63, 3.8) is 0 Å². The molecule has 0 bridgehead atoms. The Morgan fingerprint density at radius 3 is 2.54 bits per heavy atom. The predicted molar refractivity (Wildman–Crippen MR) is 98.9 cm³/mol. The van der Waals surface area contributed by atoms with Gasteiger partial charge in [-0.15, -0.1) is 0 Å². The van der Waals surface area contributed by atoms with Crippen molar-refractivity contribution in [3.8, 4) is 0 Å². The van der Waals surface area contributed by atoms with Gasteiger partial charge in [-0.1, -0.05) is 37.3 Å². The SMILES string of the molecule is CC1CCCN(CCC(=O)N2CCC(Cc3ccccc3)CC2)C1. The maximum Gasteiger partial charge on any atom is 0.223 e. The van der Waals surface area contributed by atoms with Gasteiger partial charge in [-0.3, -0.25) is 4.79 Å². The van der Waals surface area contributed by atoms with Crippen LogP contribution in [0.4, 0.5) is 0 Å². The molecule has 1 unspecified atom stereocenters. The van der Waals surface area contributed by atoms with Crippen LogP contribution in [0.3, 0.4) is 0 Å². The molecular weight excluding hydrogens is 296 g/mol. The van der Waals surface area contributed by atoms with E-state index < -0.39 is 0 Å². The zero-order valence-electron chi connectivity index (χ0n) is 15.1. The normalized spacial score (nSPS) is 23.4. The number of hydrogen-bond donors (Lipinski definition) is 0. The summed E-state index contributed by atoms with van der Waals surface area (Å²) in [6.45, 7) is 7.53. The van der Waals surface area contributed by atoms with Crippen molar-refractivity contribution in [3.05, 3.63) is 35.9 Å². The van der Waals surface area contributed by atoms with E-state index in [-0.39, 0.29) is 0 Å². The minimum Gasteiger partial charge on any atom is -0.343 e. The summed E-state index contributed by atoms with van der Waals surface area (Å²) in [7, 11) is 0. The number of piperidine rings is 2. The van der Waals surface area contributed by atoms with E-state index in [9.17, 15) is 4.79 Å². The summed E-state index contributed by atoms with van der Waals surface area (Å²) in [5, 5.41) is 0. The molecule has 1 aromatic rings. The highest BCUT2D eigenvalue weighted by Crippen LogP contribution is 2.22. The van der Waals surface area contributed by atoms with Gasteiger partial charge in [-0.2, -0.15) is 0 Å². The first-order chi connectivity index (χ1) is 11.7. The molecule has 2 heterocycles. The second-order valence-corrected chi connectivity index (χ2v) is 7.81. The van der Waals surface area contributed by atoms with Gasteiger partial charge in [-0.25, -0.2) is 0 Å². The van der Waals surface area contributed by atoms with E-state index in [1.165, 1.54) is 31.5 Å². The van der Waals surface area contributed by atoms with Gasteiger partial charge in [-0.05, 0) is 56.0 Å². The highest BCUT2D eigenvalue weighted by atomic mass is 16.2. The second-order valence-electron chi connectivity index (χ2n) is 7.81. The summed E-state index contributed by atoms with van der Waals surface area (Å²) in [5.74, 6) is 1.90. The van der Waals surface area contributed by atoms with E-state index in [1.807, 2.05) is 0 Å². The van der Waals surface area contributed by atoms with E-state index in [2.05, 4.69) is 47.1 Å². The summed E-state index contributed by atoms with van der Waals surface area (Å²) in [5.41, 5.74) is 1.43. The van der Waals surface area contributed by atoms with Crippen molar-refractivity contribution in [1.82, 2.24) is 9.80 Å². The molecular formula is C21H32N2O. The van der Waals surface area contributed by atoms with Gasteiger partial charge in [0.1, 0.15) is 0 Å². The lowest BCUT2D eigenvalue weighted by Crippen LogP contribution is -2.41. The standard InChI is InChI=1S/C21H32N2O/c1-18-6-5-12-22(17-18)13-11-21(24)23-14-9-20(10-15-23)16-19-7-3-2-4-8-19/h2-4,7-8,18,20H,5-6,9-17H2,1H3. The van der Waals surface area contributed by atoms with Crippen LogP contribution in [-0.2, 0) is 11.2 Å². The van der Waals surface area contributed by atoms with Crippen LogP contribution >= 0.6 is 0 Å². The number of benzene rings is 1. The van der Waals surface area contributed by atoms with E-state index in [0.29, 0.717) is 12.3 Å². The van der Waals surface area contributed by atoms with Crippen LogP contribution in [0.25, 0.3) is 0 Å². The zero-order valence-corrected chi connectivity index (χ0v) is 15.1. The smallest absolute Gasteiger partial charge is 0.223 e. The molecule has 0 spiro atoms. The molecule has 1 atom stereocenters.